The van der Waals surface area contributed by atoms with Gasteiger partial charge in [0.05, 0.1) is 0 Å². The lowest BCUT2D eigenvalue weighted by Gasteiger charge is -2.26. The third-order valence-electron chi connectivity index (χ3n) is 4.04. The normalized spacial score (nSPS) is 11.3. The van der Waals surface area contributed by atoms with E-state index in [-0.39, 0.29) is 11.4 Å². The molecular weight excluding hydrogens is 282 g/mol. The Bertz CT molecular complexity index is 614. The van der Waals surface area contributed by atoms with Gasteiger partial charge >= 0.3 is 0 Å². The van der Waals surface area contributed by atoms with Crippen molar-refractivity contribution in [2.24, 2.45) is 0 Å². The van der Waals surface area contributed by atoms with Gasteiger partial charge in [0.2, 0.25) is 5.91 Å². The highest BCUT2D eigenvalue weighted by Gasteiger charge is 2.20. The SMILES string of the molecule is CCc1ccc(CCC(=O)NC(C)(C)Cc2ccccc2)cc1. The van der Waals surface area contributed by atoms with E-state index < -0.39 is 0 Å². The molecule has 1 N–H and O–H groups in total. The van der Waals surface area contributed by atoms with Crippen molar-refractivity contribution in [3.63, 3.8) is 0 Å². The number of aryl methyl sites for hydroxylation is 2. The first kappa shape index (κ1) is 17.3. The van der Waals surface area contributed by atoms with E-state index in [4.69, 9.17) is 0 Å². The maximum Gasteiger partial charge on any atom is 0.220 e. The van der Waals surface area contributed by atoms with E-state index in [1.54, 1.807) is 0 Å². The second-order valence-corrected chi connectivity index (χ2v) is 6.76. The van der Waals surface area contributed by atoms with Crippen LogP contribution in [0, 0.1) is 0 Å². The number of hydrogen-bond acceptors (Lipinski definition) is 1. The quantitative estimate of drug-likeness (QED) is 0.811. The highest BCUT2D eigenvalue weighted by atomic mass is 16.1. The van der Waals surface area contributed by atoms with Gasteiger partial charge in [-0.1, -0.05) is 61.5 Å². The van der Waals surface area contributed by atoms with Crippen LogP contribution < -0.4 is 5.32 Å². The minimum atomic E-state index is -0.232. The van der Waals surface area contributed by atoms with Crippen molar-refractivity contribution in [1.82, 2.24) is 5.32 Å². The maximum atomic E-state index is 12.2. The van der Waals surface area contributed by atoms with Crippen LogP contribution in [0.25, 0.3) is 0 Å². The molecule has 0 heterocycles. The lowest BCUT2D eigenvalue weighted by Crippen LogP contribution is -2.45. The molecule has 0 aromatic heterocycles. The molecule has 1 amide bonds. The minimum Gasteiger partial charge on any atom is -0.351 e. The standard InChI is InChI=1S/C21H27NO/c1-4-17-10-12-18(13-11-17)14-15-20(23)22-21(2,3)16-19-8-6-5-7-9-19/h5-13H,4,14-16H2,1-3H3,(H,22,23). The average Bonchev–Trinajstić information content (AvgIpc) is 2.53. The number of carbonyl (C=O) groups excluding carboxylic acids is 1. The Hall–Kier alpha value is -2.09. The van der Waals surface area contributed by atoms with Crippen LogP contribution in [0.2, 0.25) is 0 Å². The van der Waals surface area contributed by atoms with E-state index in [2.05, 4.69) is 62.5 Å². The largest absolute Gasteiger partial charge is 0.351 e. The molecule has 2 heteroatoms. The van der Waals surface area contributed by atoms with Gasteiger partial charge in [-0.15, -0.1) is 0 Å². The number of rotatable bonds is 7. The van der Waals surface area contributed by atoms with Crippen molar-refractivity contribution in [2.45, 2.75) is 52.0 Å². The first-order valence-electron chi connectivity index (χ1n) is 8.41. The Kier molecular flexibility index (Phi) is 5.97. The van der Waals surface area contributed by atoms with Crippen molar-refractivity contribution in [1.29, 1.82) is 0 Å². The summed E-state index contributed by atoms with van der Waals surface area (Å²) in [6.07, 6.45) is 3.21. The molecule has 0 spiro atoms. The number of nitrogens with one attached hydrogen (secondary N) is 1. The Balaban J connectivity index is 1.83. The molecule has 0 radical (unpaired) electrons. The molecule has 0 fully saturated rings. The summed E-state index contributed by atoms with van der Waals surface area (Å²) in [4.78, 5) is 12.2. The topological polar surface area (TPSA) is 29.1 Å². The van der Waals surface area contributed by atoms with Gasteiger partial charge in [0.1, 0.15) is 0 Å². The Labute approximate surface area is 139 Å². The third kappa shape index (κ3) is 5.90. The first-order chi connectivity index (χ1) is 11.0. The van der Waals surface area contributed by atoms with Gasteiger partial charge in [-0.05, 0) is 49.8 Å². The zero-order chi connectivity index (χ0) is 16.7. The fraction of sp³-hybridized carbons (Fsp3) is 0.381. The number of amides is 1. The van der Waals surface area contributed by atoms with E-state index in [0.29, 0.717) is 6.42 Å². The Morgan fingerprint density at radius 1 is 0.913 bits per heavy atom. The summed E-state index contributed by atoms with van der Waals surface area (Å²) in [5.41, 5.74) is 3.57. The first-order valence-corrected chi connectivity index (χ1v) is 8.41. The van der Waals surface area contributed by atoms with Gasteiger partial charge in [0.15, 0.2) is 0 Å². The maximum absolute atomic E-state index is 12.2. The summed E-state index contributed by atoms with van der Waals surface area (Å²) in [6, 6.07) is 18.8. The van der Waals surface area contributed by atoms with Gasteiger partial charge in [-0.25, -0.2) is 0 Å². The molecule has 0 aliphatic carbocycles. The second kappa shape index (κ2) is 7.96. The molecule has 0 aliphatic rings. The third-order valence-corrected chi connectivity index (χ3v) is 4.04. The zero-order valence-electron chi connectivity index (χ0n) is 14.4. The van der Waals surface area contributed by atoms with Crippen LogP contribution in [0.3, 0.4) is 0 Å². The summed E-state index contributed by atoms with van der Waals surface area (Å²) in [7, 11) is 0. The van der Waals surface area contributed by atoms with E-state index in [0.717, 1.165) is 19.3 Å². The predicted octanol–water partition coefficient (Wildman–Crippen LogP) is 4.32. The van der Waals surface area contributed by atoms with Crippen LogP contribution in [0.1, 0.15) is 43.9 Å². The number of benzene rings is 2. The van der Waals surface area contributed by atoms with Crippen molar-refractivity contribution < 1.29 is 4.79 Å². The van der Waals surface area contributed by atoms with Crippen molar-refractivity contribution in [3.05, 3.63) is 71.3 Å². The van der Waals surface area contributed by atoms with Crippen LogP contribution >= 0.6 is 0 Å². The second-order valence-electron chi connectivity index (χ2n) is 6.76. The van der Waals surface area contributed by atoms with E-state index >= 15 is 0 Å². The fourth-order valence-corrected chi connectivity index (χ4v) is 2.79. The molecule has 2 rings (SSSR count). The number of carbonyl (C=O) groups is 1. The summed E-state index contributed by atoms with van der Waals surface area (Å²) in [5.74, 6) is 0.116. The highest BCUT2D eigenvalue weighted by Crippen LogP contribution is 2.13. The van der Waals surface area contributed by atoms with E-state index in [1.165, 1.54) is 16.7 Å². The van der Waals surface area contributed by atoms with Crippen LogP contribution in [0.15, 0.2) is 54.6 Å². The van der Waals surface area contributed by atoms with Crippen LogP contribution in [-0.4, -0.2) is 11.4 Å². The molecule has 0 atom stereocenters. The zero-order valence-corrected chi connectivity index (χ0v) is 14.4. The molecule has 0 bridgehead atoms. The monoisotopic (exact) mass is 309 g/mol. The average molecular weight is 309 g/mol. The van der Waals surface area contributed by atoms with Gasteiger partial charge in [-0.2, -0.15) is 0 Å². The summed E-state index contributed by atoms with van der Waals surface area (Å²) >= 11 is 0. The fourth-order valence-electron chi connectivity index (χ4n) is 2.79. The van der Waals surface area contributed by atoms with E-state index in [1.807, 2.05) is 18.2 Å². The molecule has 2 nitrogen and oxygen atoms in total. The molecule has 2 aromatic rings. The minimum absolute atomic E-state index is 0.116. The smallest absolute Gasteiger partial charge is 0.220 e. The molecule has 2 aromatic carbocycles. The molecule has 122 valence electrons. The molecular formula is C21H27NO. The van der Waals surface area contributed by atoms with Gasteiger partial charge in [0, 0.05) is 12.0 Å². The Morgan fingerprint density at radius 2 is 1.52 bits per heavy atom. The number of hydrogen-bond donors (Lipinski definition) is 1. The van der Waals surface area contributed by atoms with Crippen molar-refractivity contribution in [2.75, 3.05) is 0 Å². The molecule has 0 aliphatic heterocycles. The Morgan fingerprint density at radius 3 is 2.13 bits per heavy atom. The van der Waals surface area contributed by atoms with Crippen molar-refractivity contribution >= 4 is 5.91 Å². The van der Waals surface area contributed by atoms with Crippen LogP contribution in [-0.2, 0) is 24.1 Å². The molecule has 0 saturated carbocycles. The van der Waals surface area contributed by atoms with Gasteiger partial charge < -0.3 is 5.32 Å². The summed E-state index contributed by atoms with van der Waals surface area (Å²) in [6.45, 7) is 6.30. The predicted molar refractivity (Wildman–Crippen MR) is 96.5 cm³/mol. The van der Waals surface area contributed by atoms with Gasteiger partial charge in [0.25, 0.3) is 0 Å². The van der Waals surface area contributed by atoms with Crippen LogP contribution in [0.5, 0.6) is 0 Å². The van der Waals surface area contributed by atoms with Crippen molar-refractivity contribution in [3.8, 4) is 0 Å². The highest BCUT2D eigenvalue weighted by molar-refractivity contribution is 5.77. The molecule has 0 saturated heterocycles. The van der Waals surface area contributed by atoms with Gasteiger partial charge in [-0.3, -0.25) is 4.79 Å². The lowest BCUT2D eigenvalue weighted by atomic mass is 9.94. The van der Waals surface area contributed by atoms with Crippen LogP contribution in [0.4, 0.5) is 0 Å². The van der Waals surface area contributed by atoms with E-state index in [9.17, 15) is 4.79 Å². The molecule has 23 heavy (non-hydrogen) atoms. The summed E-state index contributed by atoms with van der Waals surface area (Å²) < 4.78 is 0. The summed E-state index contributed by atoms with van der Waals surface area (Å²) in [5, 5.41) is 3.16. The molecule has 0 unspecified atom stereocenters. The lowest BCUT2D eigenvalue weighted by molar-refractivity contribution is -0.122.